The lowest BCUT2D eigenvalue weighted by Crippen LogP contribution is -2.18. The largest absolute Gasteiger partial charge is 0.337 e. The van der Waals surface area contributed by atoms with Gasteiger partial charge in [-0.15, -0.1) is 0 Å². The molecule has 0 spiro atoms. The lowest BCUT2D eigenvalue weighted by molar-refractivity contribution is -0.143. The molecule has 0 unspecified atom stereocenters. The number of pyridine rings is 1. The van der Waals surface area contributed by atoms with E-state index in [9.17, 15) is 9.59 Å². The number of H-pyrrole nitrogens is 1. The average Bonchev–Trinajstić information content (AvgIpc) is 3.35. The predicted molar refractivity (Wildman–Crippen MR) is 151 cm³/mol. The van der Waals surface area contributed by atoms with Crippen molar-refractivity contribution in [2.75, 3.05) is 0 Å². The minimum absolute atomic E-state index is 0.0388. The molecule has 0 atom stereocenters. The van der Waals surface area contributed by atoms with E-state index < -0.39 is 0 Å². The van der Waals surface area contributed by atoms with Gasteiger partial charge in [-0.05, 0) is 66.1 Å². The Labute approximate surface area is 222 Å². The molecule has 3 aromatic carbocycles. The first-order valence-corrected chi connectivity index (χ1v) is 13.3. The minimum Gasteiger partial charge on any atom is -0.337 e. The molecule has 0 aliphatic rings. The number of hydrogen-bond acceptors (Lipinski definition) is 3. The minimum atomic E-state index is -0.237. The second kappa shape index (κ2) is 11.8. The fraction of sp³-hybridized carbons (Fsp3) is 0.212. The number of rotatable bonds is 10. The summed E-state index contributed by atoms with van der Waals surface area (Å²) in [4.78, 5) is 33.2. The molecule has 5 heteroatoms. The normalized spacial score (nSPS) is 11.2. The van der Waals surface area contributed by atoms with Gasteiger partial charge in [-0.1, -0.05) is 79.7 Å². The third kappa shape index (κ3) is 5.62. The van der Waals surface area contributed by atoms with Crippen LogP contribution in [0.2, 0.25) is 0 Å². The van der Waals surface area contributed by atoms with Crippen molar-refractivity contribution in [3.05, 3.63) is 142 Å². The van der Waals surface area contributed by atoms with E-state index in [2.05, 4.69) is 65.6 Å². The van der Waals surface area contributed by atoms with Crippen LogP contribution in [-0.4, -0.2) is 15.7 Å². The third-order valence-electron chi connectivity index (χ3n) is 6.94. The van der Waals surface area contributed by atoms with E-state index >= 15 is 0 Å². The molecule has 38 heavy (non-hydrogen) atoms. The van der Waals surface area contributed by atoms with Crippen molar-refractivity contribution >= 4 is 16.9 Å². The molecule has 2 aromatic heterocycles. The van der Waals surface area contributed by atoms with Gasteiger partial charge in [-0.2, -0.15) is 4.73 Å². The molecule has 0 aliphatic heterocycles. The van der Waals surface area contributed by atoms with Gasteiger partial charge in [0, 0.05) is 35.7 Å². The fourth-order valence-electron chi connectivity index (χ4n) is 5.10. The van der Waals surface area contributed by atoms with Gasteiger partial charge in [0.15, 0.2) is 0 Å². The van der Waals surface area contributed by atoms with E-state index in [-0.39, 0.29) is 17.4 Å². The molecule has 0 bridgehead atoms. The first-order valence-electron chi connectivity index (χ1n) is 13.3. The number of benzene rings is 3. The van der Waals surface area contributed by atoms with Gasteiger partial charge in [0.1, 0.15) is 0 Å². The van der Waals surface area contributed by atoms with E-state index in [0.29, 0.717) is 12.8 Å². The van der Waals surface area contributed by atoms with Gasteiger partial charge >= 0.3 is 5.97 Å². The van der Waals surface area contributed by atoms with Gasteiger partial charge in [0.05, 0.1) is 5.52 Å². The summed E-state index contributed by atoms with van der Waals surface area (Å²) >= 11 is 0. The van der Waals surface area contributed by atoms with Crippen molar-refractivity contribution in [1.82, 2.24) is 9.71 Å². The highest BCUT2D eigenvalue weighted by molar-refractivity contribution is 5.84. The molecule has 5 rings (SSSR count). The standard InChI is InChI=1S/C33H32N2O3/c1-2-11-31(36)38-35-21-20-29-24(17-10-19-30(29)35)16-9-18-27-22-28(23-34-33(27)37)32(25-12-5-3-6-13-25)26-14-7-4-8-15-26/h3-8,10,12-15,17,19-23,32H,2,9,11,16,18H2,1H3,(H,34,37). The number of carbonyl (C=O) groups excluding carboxylic acids is 1. The summed E-state index contributed by atoms with van der Waals surface area (Å²) in [5.41, 5.74) is 6.25. The Morgan fingerprint density at radius 1 is 0.842 bits per heavy atom. The number of fused-ring (bicyclic) bond motifs is 1. The van der Waals surface area contributed by atoms with Crippen LogP contribution < -0.4 is 10.4 Å². The van der Waals surface area contributed by atoms with Crippen molar-refractivity contribution < 1.29 is 9.63 Å². The Morgan fingerprint density at radius 3 is 2.21 bits per heavy atom. The zero-order valence-corrected chi connectivity index (χ0v) is 21.6. The third-order valence-corrected chi connectivity index (χ3v) is 6.94. The molecule has 0 amide bonds. The van der Waals surface area contributed by atoms with Crippen molar-refractivity contribution in [3.8, 4) is 0 Å². The van der Waals surface area contributed by atoms with E-state index in [1.54, 1.807) is 10.9 Å². The van der Waals surface area contributed by atoms with E-state index in [4.69, 9.17) is 4.84 Å². The molecule has 1 N–H and O–H groups in total. The summed E-state index contributed by atoms with van der Waals surface area (Å²) in [6.45, 7) is 1.96. The molecule has 0 saturated carbocycles. The van der Waals surface area contributed by atoms with Gasteiger partial charge in [0.25, 0.3) is 5.56 Å². The van der Waals surface area contributed by atoms with Gasteiger partial charge in [-0.25, -0.2) is 4.79 Å². The summed E-state index contributed by atoms with van der Waals surface area (Å²) in [6.07, 6.45) is 7.09. The Bertz CT molecular complexity index is 1530. The molecule has 5 nitrogen and oxygen atoms in total. The predicted octanol–water partition coefficient (Wildman–Crippen LogP) is 6.44. The number of aromatic amines is 1. The van der Waals surface area contributed by atoms with Crippen LogP contribution in [0.5, 0.6) is 0 Å². The number of carbonyl (C=O) groups is 1. The number of aromatic nitrogens is 2. The van der Waals surface area contributed by atoms with E-state index in [1.807, 2.05) is 43.5 Å². The monoisotopic (exact) mass is 504 g/mol. The highest BCUT2D eigenvalue weighted by Crippen LogP contribution is 2.31. The average molecular weight is 505 g/mol. The highest BCUT2D eigenvalue weighted by atomic mass is 16.7. The highest BCUT2D eigenvalue weighted by Gasteiger charge is 2.18. The number of nitrogens with zero attached hydrogens (tertiary/aromatic N) is 1. The van der Waals surface area contributed by atoms with Crippen LogP contribution in [0.1, 0.15) is 59.9 Å². The first kappa shape index (κ1) is 25.3. The van der Waals surface area contributed by atoms with Crippen LogP contribution in [0, 0.1) is 0 Å². The smallest absolute Gasteiger partial charge is 0.332 e. The number of nitrogens with one attached hydrogen (secondary N) is 1. The van der Waals surface area contributed by atoms with Crippen LogP contribution in [0.4, 0.5) is 0 Å². The maximum atomic E-state index is 12.8. The lowest BCUT2D eigenvalue weighted by atomic mass is 9.85. The molecule has 2 heterocycles. The fourth-order valence-corrected chi connectivity index (χ4v) is 5.10. The van der Waals surface area contributed by atoms with Gasteiger partial charge in [0.2, 0.25) is 0 Å². The van der Waals surface area contributed by atoms with Crippen LogP contribution in [0.25, 0.3) is 10.9 Å². The summed E-state index contributed by atoms with van der Waals surface area (Å²) < 4.78 is 1.55. The molecule has 0 saturated heterocycles. The van der Waals surface area contributed by atoms with Crippen LogP contribution in [0.15, 0.2) is 108 Å². The Kier molecular flexibility index (Phi) is 7.84. The second-order valence-corrected chi connectivity index (χ2v) is 9.60. The van der Waals surface area contributed by atoms with Crippen molar-refractivity contribution in [3.63, 3.8) is 0 Å². The topological polar surface area (TPSA) is 64.1 Å². The number of hydrogen-bond donors (Lipinski definition) is 1. The summed E-state index contributed by atoms with van der Waals surface area (Å²) in [7, 11) is 0. The quantitative estimate of drug-likeness (QED) is 0.238. The molecule has 0 aliphatic carbocycles. The van der Waals surface area contributed by atoms with Crippen LogP contribution in [0.3, 0.4) is 0 Å². The van der Waals surface area contributed by atoms with Crippen LogP contribution in [-0.2, 0) is 17.6 Å². The summed E-state index contributed by atoms with van der Waals surface area (Å²) in [6, 6.07) is 30.9. The zero-order valence-electron chi connectivity index (χ0n) is 21.6. The zero-order chi connectivity index (χ0) is 26.3. The van der Waals surface area contributed by atoms with E-state index in [0.717, 1.165) is 41.3 Å². The molecule has 192 valence electrons. The van der Waals surface area contributed by atoms with Crippen molar-refractivity contribution in [1.29, 1.82) is 0 Å². The van der Waals surface area contributed by atoms with Crippen LogP contribution >= 0.6 is 0 Å². The summed E-state index contributed by atoms with van der Waals surface area (Å²) in [5, 5.41) is 1.06. The maximum Gasteiger partial charge on any atom is 0.332 e. The Morgan fingerprint density at radius 2 is 1.53 bits per heavy atom. The Hall–Kier alpha value is -4.38. The molecule has 5 aromatic rings. The molecular formula is C33H32N2O3. The second-order valence-electron chi connectivity index (χ2n) is 9.60. The van der Waals surface area contributed by atoms with Gasteiger partial charge < -0.3 is 9.82 Å². The van der Waals surface area contributed by atoms with E-state index in [1.165, 1.54) is 16.7 Å². The van der Waals surface area contributed by atoms with Crippen molar-refractivity contribution in [2.45, 2.75) is 44.9 Å². The first-order chi connectivity index (χ1) is 18.6. The number of aryl methyl sites for hydroxylation is 2. The lowest BCUT2D eigenvalue weighted by Gasteiger charge is -2.19. The molecular weight excluding hydrogens is 472 g/mol. The van der Waals surface area contributed by atoms with Crippen molar-refractivity contribution in [2.24, 2.45) is 0 Å². The van der Waals surface area contributed by atoms with Gasteiger partial charge in [-0.3, -0.25) is 4.79 Å². The molecule has 0 radical (unpaired) electrons. The SMILES string of the molecule is CCCC(=O)On1ccc2c(CCCc3cc(C(c4ccccc4)c4ccccc4)c[nH]c3=O)cccc21. The Balaban J connectivity index is 1.35. The maximum absolute atomic E-state index is 12.8. The molecule has 0 fully saturated rings. The summed E-state index contributed by atoms with van der Waals surface area (Å²) in [5.74, 6) is -0.198.